The van der Waals surface area contributed by atoms with Crippen LogP contribution >= 0.6 is 0 Å². The van der Waals surface area contributed by atoms with Gasteiger partial charge in [-0.3, -0.25) is 9.59 Å². The lowest BCUT2D eigenvalue weighted by molar-refractivity contribution is -0.148. The lowest BCUT2D eigenvalue weighted by atomic mass is 9.96. The van der Waals surface area contributed by atoms with Crippen molar-refractivity contribution in [2.75, 3.05) is 19.6 Å². The summed E-state index contributed by atoms with van der Waals surface area (Å²) in [7, 11) is 0. The van der Waals surface area contributed by atoms with Crippen molar-refractivity contribution in [1.82, 2.24) is 9.80 Å². The molecule has 2 heterocycles. The third kappa shape index (κ3) is 3.16. The van der Waals surface area contributed by atoms with E-state index in [9.17, 15) is 9.59 Å². The summed E-state index contributed by atoms with van der Waals surface area (Å²) in [5.74, 6) is 0.0929. The second kappa shape index (κ2) is 6.71. The maximum absolute atomic E-state index is 12.7. The molecule has 25 heavy (non-hydrogen) atoms. The van der Waals surface area contributed by atoms with Gasteiger partial charge in [0.15, 0.2) is 0 Å². The highest BCUT2D eigenvalue weighted by Gasteiger charge is 2.37. The lowest BCUT2D eigenvalue weighted by Gasteiger charge is -2.41. The quantitative estimate of drug-likeness (QED) is 0.847. The molecule has 1 fully saturated rings. The van der Waals surface area contributed by atoms with E-state index in [0.717, 1.165) is 24.9 Å². The molecular weight excluding hydrogens is 312 g/mol. The molecule has 0 N–H and O–H groups in total. The summed E-state index contributed by atoms with van der Waals surface area (Å²) in [6.07, 6.45) is 2.33. The number of amides is 2. The number of piperazine rings is 1. The molecule has 128 valence electrons. The number of hydrogen-bond donors (Lipinski definition) is 0. The Bertz CT molecular complexity index is 787. The predicted octanol–water partition coefficient (Wildman–Crippen LogP) is 2.59. The standard InChI is InChI=1S/C21H22N2O2/c24-20(13-16-7-2-1-3-8-16)22-14-19-18-11-5-4-9-17(18)10-6-12-23(19)21(25)15-22/h1-5,7-9,11,19H,6,10,12-15H2. The van der Waals surface area contributed by atoms with Crippen LogP contribution in [0.1, 0.15) is 29.2 Å². The average molecular weight is 334 g/mol. The van der Waals surface area contributed by atoms with Gasteiger partial charge in [-0.05, 0) is 29.5 Å². The van der Waals surface area contributed by atoms with Crippen molar-refractivity contribution in [3.8, 4) is 0 Å². The van der Waals surface area contributed by atoms with Gasteiger partial charge >= 0.3 is 0 Å². The van der Waals surface area contributed by atoms with Gasteiger partial charge in [0.05, 0.1) is 19.0 Å². The van der Waals surface area contributed by atoms with E-state index in [0.29, 0.717) is 13.0 Å². The minimum atomic E-state index is -0.0142. The third-order valence-electron chi connectivity index (χ3n) is 5.23. The Morgan fingerprint density at radius 3 is 2.64 bits per heavy atom. The Kier molecular flexibility index (Phi) is 4.26. The molecule has 4 rings (SSSR count). The maximum atomic E-state index is 12.7. The fourth-order valence-electron chi connectivity index (χ4n) is 3.95. The summed E-state index contributed by atoms with van der Waals surface area (Å²) in [5.41, 5.74) is 3.49. The van der Waals surface area contributed by atoms with E-state index in [4.69, 9.17) is 0 Å². The molecule has 4 heteroatoms. The van der Waals surface area contributed by atoms with E-state index in [1.807, 2.05) is 41.3 Å². The highest BCUT2D eigenvalue weighted by atomic mass is 16.2. The first-order valence-electron chi connectivity index (χ1n) is 8.91. The molecule has 0 bridgehead atoms. The van der Waals surface area contributed by atoms with Gasteiger partial charge in [0.1, 0.15) is 0 Å². The van der Waals surface area contributed by atoms with E-state index >= 15 is 0 Å². The first kappa shape index (κ1) is 15.9. The molecular formula is C21H22N2O2. The highest BCUT2D eigenvalue weighted by molar-refractivity contribution is 5.87. The number of hydrogen-bond acceptors (Lipinski definition) is 2. The largest absolute Gasteiger partial charge is 0.332 e. The fraction of sp³-hybridized carbons (Fsp3) is 0.333. The molecule has 0 aliphatic carbocycles. The first-order valence-corrected chi connectivity index (χ1v) is 8.91. The van der Waals surface area contributed by atoms with E-state index < -0.39 is 0 Å². The highest BCUT2D eigenvalue weighted by Crippen LogP contribution is 2.32. The summed E-state index contributed by atoms with van der Waals surface area (Å²) < 4.78 is 0. The van der Waals surface area contributed by atoms with Crippen LogP contribution in [0.3, 0.4) is 0 Å². The second-order valence-electron chi connectivity index (χ2n) is 6.84. The van der Waals surface area contributed by atoms with Gasteiger partial charge in [0, 0.05) is 13.1 Å². The summed E-state index contributed by atoms with van der Waals surface area (Å²) >= 11 is 0. The summed E-state index contributed by atoms with van der Waals surface area (Å²) in [4.78, 5) is 29.1. The Morgan fingerprint density at radius 1 is 1.04 bits per heavy atom. The molecule has 1 atom stereocenters. The molecule has 1 saturated heterocycles. The molecule has 2 aliphatic heterocycles. The first-order chi connectivity index (χ1) is 12.2. The van der Waals surface area contributed by atoms with Gasteiger partial charge in [-0.25, -0.2) is 0 Å². The van der Waals surface area contributed by atoms with Gasteiger partial charge in [-0.1, -0.05) is 54.6 Å². The van der Waals surface area contributed by atoms with Crippen molar-refractivity contribution in [1.29, 1.82) is 0 Å². The average Bonchev–Trinajstić information content (AvgIpc) is 2.82. The van der Waals surface area contributed by atoms with E-state index in [2.05, 4.69) is 18.2 Å². The predicted molar refractivity (Wildman–Crippen MR) is 95.9 cm³/mol. The number of benzene rings is 2. The molecule has 2 amide bonds. The van der Waals surface area contributed by atoms with E-state index in [-0.39, 0.29) is 24.4 Å². The van der Waals surface area contributed by atoms with Gasteiger partial charge in [0.25, 0.3) is 0 Å². The molecule has 2 aromatic rings. The Balaban J connectivity index is 1.58. The van der Waals surface area contributed by atoms with Crippen molar-refractivity contribution in [2.45, 2.75) is 25.3 Å². The monoisotopic (exact) mass is 334 g/mol. The van der Waals surface area contributed by atoms with Crippen LogP contribution in [-0.2, 0) is 22.4 Å². The zero-order valence-corrected chi connectivity index (χ0v) is 14.2. The molecule has 0 saturated carbocycles. The van der Waals surface area contributed by atoms with Gasteiger partial charge < -0.3 is 9.80 Å². The van der Waals surface area contributed by atoms with Gasteiger partial charge in [-0.15, -0.1) is 0 Å². The van der Waals surface area contributed by atoms with Crippen LogP contribution < -0.4 is 0 Å². The van der Waals surface area contributed by atoms with Crippen LogP contribution in [0.15, 0.2) is 54.6 Å². The number of carbonyl (C=O) groups excluding carboxylic acids is 2. The summed E-state index contributed by atoms with van der Waals surface area (Å²) in [6.45, 7) is 1.57. The van der Waals surface area contributed by atoms with E-state index in [1.54, 1.807) is 4.90 Å². The van der Waals surface area contributed by atoms with Crippen molar-refractivity contribution < 1.29 is 9.59 Å². The van der Waals surface area contributed by atoms with Crippen LogP contribution in [0.4, 0.5) is 0 Å². The molecule has 4 nitrogen and oxygen atoms in total. The van der Waals surface area contributed by atoms with Crippen LogP contribution in [0, 0.1) is 0 Å². The molecule has 2 aromatic carbocycles. The molecule has 0 radical (unpaired) electrons. The minimum Gasteiger partial charge on any atom is -0.332 e. The van der Waals surface area contributed by atoms with Crippen molar-refractivity contribution >= 4 is 11.8 Å². The number of rotatable bonds is 2. The zero-order valence-electron chi connectivity index (χ0n) is 14.2. The Morgan fingerprint density at radius 2 is 1.80 bits per heavy atom. The van der Waals surface area contributed by atoms with Gasteiger partial charge in [0.2, 0.25) is 11.8 Å². The number of fused-ring (bicyclic) bond motifs is 3. The molecule has 2 aliphatic rings. The summed E-state index contributed by atoms with van der Waals surface area (Å²) in [6, 6.07) is 18.0. The van der Waals surface area contributed by atoms with Crippen LogP contribution in [-0.4, -0.2) is 41.2 Å². The lowest BCUT2D eigenvalue weighted by Crippen LogP contribution is -2.54. The Labute approximate surface area is 148 Å². The molecule has 0 spiro atoms. The van der Waals surface area contributed by atoms with Crippen molar-refractivity contribution in [3.05, 3.63) is 71.3 Å². The number of nitrogens with zero attached hydrogens (tertiary/aromatic N) is 2. The SMILES string of the molecule is O=C(Cc1ccccc1)N1CC(=O)N2CCCc3ccccc3C2C1. The topological polar surface area (TPSA) is 40.6 Å². The van der Waals surface area contributed by atoms with Crippen molar-refractivity contribution in [2.24, 2.45) is 0 Å². The van der Waals surface area contributed by atoms with E-state index in [1.165, 1.54) is 11.1 Å². The zero-order chi connectivity index (χ0) is 17.2. The third-order valence-corrected chi connectivity index (χ3v) is 5.23. The maximum Gasteiger partial charge on any atom is 0.242 e. The van der Waals surface area contributed by atoms with Crippen LogP contribution in [0.25, 0.3) is 0 Å². The van der Waals surface area contributed by atoms with Crippen LogP contribution in [0.2, 0.25) is 0 Å². The van der Waals surface area contributed by atoms with Crippen LogP contribution in [0.5, 0.6) is 0 Å². The molecule has 1 unspecified atom stereocenters. The van der Waals surface area contributed by atoms with Gasteiger partial charge in [-0.2, -0.15) is 0 Å². The second-order valence-corrected chi connectivity index (χ2v) is 6.84. The fourth-order valence-corrected chi connectivity index (χ4v) is 3.95. The molecule has 0 aromatic heterocycles. The minimum absolute atomic E-state index is 0.0142. The number of aryl methyl sites for hydroxylation is 1. The van der Waals surface area contributed by atoms with Crippen molar-refractivity contribution in [3.63, 3.8) is 0 Å². The normalized spacial score (nSPS) is 19.8. The number of carbonyl (C=O) groups is 2. The Hall–Kier alpha value is -2.62. The smallest absolute Gasteiger partial charge is 0.242 e. The summed E-state index contributed by atoms with van der Waals surface area (Å²) in [5, 5.41) is 0.